The van der Waals surface area contributed by atoms with E-state index in [1.165, 1.54) is 5.56 Å². The largest absolute Gasteiger partial charge is 0.339 e. The second kappa shape index (κ2) is 7.19. The molecule has 0 amide bonds. The summed E-state index contributed by atoms with van der Waals surface area (Å²) in [5, 5.41) is 11.4. The maximum Gasteiger partial charge on any atom is 0.247 e. The fraction of sp³-hybridized carbons (Fsp3) is 0.118. The summed E-state index contributed by atoms with van der Waals surface area (Å²) in [4.78, 5) is 6.48. The second-order valence-corrected chi connectivity index (χ2v) is 6.03. The number of anilines is 3. The summed E-state index contributed by atoms with van der Waals surface area (Å²) in [7, 11) is 1.95. The van der Waals surface area contributed by atoms with Crippen LogP contribution in [0.25, 0.3) is 0 Å². The van der Waals surface area contributed by atoms with Gasteiger partial charge >= 0.3 is 0 Å². The molecule has 0 unspecified atom stereocenters. The lowest BCUT2D eigenvalue weighted by atomic mass is 10.2. The van der Waals surface area contributed by atoms with Crippen LogP contribution in [0.1, 0.15) is 5.56 Å². The quantitative estimate of drug-likeness (QED) is 0.735. The maximum absolute atomic E-state index is 4.52. The topological polar surface area (TPSA) is 53.9 Å². The summed E-state index contributed by atoms with van der Waals surface area (Å²) >= 11 is 3.42. The van der Waals surface area contributed by atoms with Gasteiger partial charge in [0, 0.05) is 23.8 Å². The summed E-state index contributed by atoms with van der Waals surface area (Å²) in [6.07, 6.45) is 1.61. The highest BCUT2D eigenvalue weighted by atomic mass is 79.9. The van der Waals surface area contributed by atoms with Gasteiger partial charge in [-0.25, -0.2) is 0 Å². The fourth-order valence-electron chi connectivity index (χ4n) is 2.13. The summed E-state index contributed by atoms with van der Waals surface area (Å²) in [5.41, 5.74) is 2.15. The van der Waals surface area contributed by atoms with Crippen LogP contribution in [0.15, 0.2) is 65.3 Å². The molecule has 1 heterocycles. The van der Waals surface area contributed by atoms with Crippen molar-refractivity contribution >= 4 is 33.4 Å². The SMILES string of the molecule is CN(Cc1ccccc1)c1nncc(Nc2ccc(Br)cc2)n1. The Morgan fingerprint density at radius 2 is 1.78 bits per heavy atom. The van der Waals surface area contributed by atoms with Gasteiger partial charge in [0.25, 0.3) is 0 Å². The molecule has 0 atom stereocenters. The molecule has 6 heteroatoms. The first-order valence-electron chi connectivity index (χ1n) is 7.18. The highest BCUT2D eigenvalue weighted by Crippen LogP contribution is 2.18. The van der Waals surface area contributed by atoms with Gasteiger partial charge in [-0.05, 0) is 29.8 Å². The zero-order chi connectivity index (χ0) is 16.1. The van der Waals surface area contributed by atoms with Crippen molar-refractivity contribution in [1.29, 1.82) is 0 Å². The molecule has 0 aliphatic carbocycles. The Balaban J connectivity index is 1.72. The van der Waals surface area contributed by atoms with Crippen LogP contribution in [-0.2, 0) is 6.54 Å². The van der Waals surface area contributed by atoms with Gasteiger partial charge in [0.1, 0.15) is 0 Å². The molecule has 0 aliphatic heterocycles. The highest BCUT2D eigenvalue weighted by molar-refractivity contribution is 9.10. The van der Waals surface area contributed by atoms with E-state index in [0.29, 0.717) is 11.8 Å². The van der Waals surface area contributed by atoms with Crippen molar-refractivity contribution in [2.75, 3.05) is 17.3 Å². The predicted molar refractivity (Wildman–Crippen MR) is 95.8 cm³/mol. The van der Waals surface area contributed by atoms with Gasteiger partial charge in [-0.3, -0.25) is 0 Å². The van der Waals surface area contributed by atoms with Gasteiger partial charge in [-0.2, -0.15) is 10.1 Å². The number of benzene rings is 2. The minimum Gasteiger partial charge on any atom is -0.339 e. The Kier molecular flexibility index (Phi) is 4.83. The molecule has 0 saturated carbocycles. The lowest BCUT2D eigenvalue weighted by Gasteiger charge is -2.17. The molecule has 0 saturated heterocycles. The first-order chi connectivity index (χ1) is 11.2. The van der Waals surface area contributed by atoms with Gasteiger partial charge in [0.2, 0.25) is 5.95 Å². The molecule has 23 heavy (non-hydrogen) atoms. The summed E-state index contributed by atoms with van der Waals surface area (Å²) in [6.45, 7) is 0.726. The maximum atomic E-state index is 4.52. The van der Waals surface area contributed by atoms with Crippen molar-refractivity contribution in [3.63, 3.8) is 0 Å². The van der Waals surface area contributed by atoms with Crippen LogP contribution >= 0.6 is 15.9 Å². The molecular weight excluding hydrogens is 354 g/mol. The zero-order valence-corrected chi connectivity index (χ0v) is 14.2. The lowest BCUT2D eigenvalue weighted by Crippen LogP contribution is -2.19. The van der Waals surface area contributed by atoms with Crippen LogP contribution in [0.4, 0.5) is 17.5 Å². The van der Waals surface area contributed by atoms with E-state index in [1.807, 2.05) is 54.4 Å². The Bertz CT molecular complexity index is 761. The van der Waals surface area contributed by atoms with Gasteiger partial charge in [0.05, 0.1) is 6.20 Å². The van der Waals surface area contributed by atoms with Crippen LogP contribution in [0.3, 0.4) is 0 Å². The van der Waals surface area contributed by atoms with Crippen LogP contribution in [0, 0.1) is 0 Å². The Morgan fingerprint density at radius 1 is 1.04 bits per heavy atom. The molecule has 5 nitrogen and oxygen atoms in total. The van der Waals surface area contributed by atoms with Crippen LogP contribution in [0.5, 0.6) is 0 Å². The van der Waals surface area contributed by atoms with Crippen molar-refractivity contribution in [2.45, 2.75) is 6.54 Å². The number of nitrogens with zero attached hydrogens (tertiary/aromatic N) is 4. The summed E-state index contributed by atoms with van der Waals surface area (Å²) in [5.74, 6) is 1.24. The monoisotopic (exact) mass is 369 g/mol. The van der Waals surface area contributed by atoms with E-state index in [0.717, 1.165) is 16.7 Å². The van der Waals surface area contributed by atoms with Crippen molar-refractivity contribution < 1.29 is 0 Å². The first kappa shape index (κ1) is 15.4. The molecule has 2 aromatic carbocycles. The molecule has 3 aromatic rings. The van der Waals surface area contributed by atoms with Crippen LogP contribution < -0.4 is 10.2 Å². The fourth-order valence-corrected chi connectivity index (χ4v) is 2.39. The van der Waals surface area contributed by atoms with E-state index in [1.54, 1.807) is 6.20 Å². The predicted octanol–water partition coefficient (Wildman–Crippen LogP) is 4.01. The average Bonchev–Trinajstić information content (AvgIpc) is 2.58. The molecule has 0 fully saturated rings. The lowest BCUT2D eigenvalue weighted by molar-refractivity contribution is 0.831. The Labute approximate surface area is 143 Å². The Morgan fingerprint density at radius 3 is 2.52 bits per heavy atom. The Hall–Kier alpha value is -2.47. The smallest absolute Gasteiger partial charge is 0.247 e. The van der Waals surface area contributed by atoms with Crippen LogP contribution in [0.2, 0.25) is 0 Å². The zero-order valence-electron chi connectivity index (χ0n) is 12.6. The standard InChI is InChI=1S/C17H16BrN5/c1-23(12-13-5-3-2-4-6-13)17-21-16(11-19-22-17)20-15-9-7-14(18)8-10-15/h2-11H,12H2,1H3,(H,20,21,22). The molecule has 3 rings (SSSR count). The van der Waals surface area contributed by atoms with Crippen molar-refractivity contribution in [1.82, 2.24) is 15.2 Å². The number of aromatic nitrogens is 3. The number of nitrogens with one attached hydrogen (secondary N) is 1. The normalized spacial score (nSPS) is 10.3. The minimum absolute atomic E-state index is 0.580. The first-order valence-corrected chi connectivity index (χ1v) is 7.97. The molecule has 116 valence electrons. The summed E-state index contributed by atoms with van der Waals surface area (Å²) in [6, 6.07) is 18.1. The molecule has 1 aromatic heterocycles. The highest BCUT2D eigenvalue weighted by Gasteiger charge is 2.07. The van der Waals surface area contributed by atoms with E-state index in [9.17, 15) is 0 Å². The van der Waals surface area contributed by atoms with E-state index in [-0.39, 0.29) is 0 Å². The van der Waals surface area contributed by atoms with Crippen LogP contribution in [-0.4, -0.2) is 22.2 Å². The van der Waals surface area contributed by atoms with E-state index >= 15 is 0 Å². The van der Waals surface area contributed by atoms with Gasteiger partial charge in [0.15, 0.2) is 5.82 Å². The third-order valence-corrected chi connectivity index (χ3v) is 3.80. The summed E-state index contributed by atoms with van der Waals surface area (Å²) < 4.78 is 1.03. The third-order valence-electron chi connectivity index (χ3n) is 3.27. The van der Waals surface area contributed by atoms with E-state index in [2.05, 4.69) is 48.6 Å². The molecule has 0 radical (unpaired) electrons. The number of rotatable bonds is 5. The number of halogens is 1. The van der Waals surface area contributed by atoms with Gasteiger partial charge in [-0.15, -0.1) is 5.10 Å². The molecular formula is C17H16BrN5. The number of hydrogen-bond acceptors (Lipinski definition) is 5. The van der Waals surface area contributed by atoms with E-state index < -0.39 is 0 Å². The number of hydrogen-bond donors (Lipinski definition) is 1. The van der Waals surface area contributed by atoms with Crippen molar-refractivity contribution in [2.24, 2.45) is 0 Å². The molecule has 0 spiro atoms. The van der Waals surface area contributed by atoms with Gasteiger partial charge < -0.3 is 10.2 Å². The minimum atomic E-state index is 0.580. The third kappa shape index (κ3) is 4.26. The second-order valence-electron chi connectivity index (χ2n) is 5.12. The molecule has 1 N–H and O–H groups in total. The molecule has 0 aliphatic rings. The molecule has 0 bridgehead atoms. The van der Waals surface area contributed by atoms with Crippen molar-refractivity contribution in [3.05, 3.63) is 70.8 Å². The van der Waals surface area contributed by atoms with Crippen molar-refractivity contribution in [3.8, 4) is 0 Å². The van der Waals surface area contributed by atoms with Gasteiger partial charge in [-0.1, -0.05) is 46.3 Å². The van der Waals surface area contributed by atoms with E-state index in [4.69, 9.17) is 0 Å². The average molecular weight is 370 g/mol.